The predicted molar refractivity (Wildman–Crippen MR) is 75.9 cm³/mol. The standard InChI is InChI=1S/C15H21NO4/c1-8(2)16-10-6-11(17)9(3)13(14(10)20)15(4,5)7-12(18)19/h8H,6-7H2,1-5H3,(H,18,19). The van der Waals surface area contributed by atoms with Crippen LogP contribution in [0.15, 0.2) is 16.1 Å². The number of carbonyl (C=O) groups excluding carboxylic acids is 2. The monoisotopic (exact) mass is 279 g/mol. The van der Waals surface area contributed by atoms with Gasteiger partial charge in [-0.3, -0.25) is 19.4 Å². The highest BCUT2D eigenvalue weighted by molar-refractivity contribution is 6.52. The molecule has 5 nitrogen and oxygen atoms in total. The molecule has 0 aliphatic heterocycles. The molecule has 1 rings (SSSR count). The van der Waals surface area contributed by atoms with Crippen molar-refractivity contribution in [2.45, 2.75) is 53.5 Å². The molecule has 20 heavy (non-hydrogen) atoms. The first kappa shape index (κ1) is 16.3. The third kappa shape index (κ3) is 3.40. The number of carbonyl (C=O) groups is 3. The van der Waals surface area contributed by atoms with E-state index in [4.69, 9.17) is 5.11 Å². The molecule has 1 aliphatic rings. The number of carboxylic acid groups (broad SMARTS) is 1. The quantitative estimate of drug-likeness (QED) is 0.855. The van der Waals surface area contributed by atoms with Crippen molar-refractivity contribution in [1.29, 1.82) is 0 Å². The fourth-order valence-corrected chi connectivity index (χ4v) is 2.52. The predicted octanol–water partition coefficient (Wildman–Crippen LogP) is 2.20. The van der Waals surface area contributed by atoms with E-state index in [0.717, 1.165) is 0 Å². The Morgan fingerprint density at radius 3 is 2.35 bits per heavy atom. The third-order valence-corrected chi connectivity index (χ3v) is 3.29. The minimum absolute atomic E-state index is 0.00942. The number of hydrogen-bond acceptors (Lipinski definition) is 4. The van der Waals surface area contributed by atoms with Gasteiger partial charge in [-0.1, -0.05) is 13.8 Å². The maximum Gasteiger partial charge on any atom is 0.304 e. The maximum atomic E-state index is 12.5. The molecular formula is C15H21NO4. The molecule has 5 heteroatoms. The first-order chi connectivity index (χ1) is 9.06. The zero-order chi connectivity index (χ0) is 15.7. The van der Waals surface area contributed by atoms with E-state index in [9.17, 15) is 14.4 Å². The van der Waals surface area contributed by atoms with Crippen molar-refractivity contribution in [3.05, 3.63) is 11.1 Å². The summed E-state index contributed by atoms with van der Waals surface area (Å²) in [7, 11) is 0. The van der Waals surface area contributed by atoms with Crippen molar-refractivity contribution in [2.24, 2.45) is 10.4 Å². The van der Waals surface area contributed by atoms with E-state index in [-0.39, 0.29) is 41.7 Å². The van der Waals surface area contributed by atoms with E-state index < -0.39 is 11.4 Å². The molecule has 1 aliphatic carbocycles. The van der Waals surface area contributed by atoms with Gasteiger partial charge in [0, 0.05) is 22.6 Å². The van der Waals surface area contributed by atoms with Crippen LogP contribution in [0.25, 0.3) is 0 Å². The molecular weight excluding hydrogens is 258 g/mol. The van der Waals surface area contributed by atoms with Gasteiger partial charge in [0.05, 0.1) is 18.6 Å². The molecule has 0 radical (unpaired) electrons. The molecule has 1 N–H and O–H groups in total. The molecule has 0 fully saturated rings. The van der Waals surface area contributed by atoms with Crippen molar-refractivity contribution in [2.75, 3.05) is 0 Å². The van der Waals surface area contributed by atoms with Gasteiger partial charge in [-0.25, -0.2) is 0 Å². The number of Topliss-reactive ketones (excluding diaryl/α,β-unsaturated/α-hetero) is 2. The van der Waals surface area contributed by atoms with Crippen molar-refractivity contribution in [3.63, 3.8) is 0 Å². The third-order valence-electron chi connectivity index (χ3n) is 3.29. The second-order valence-electron chi connectivity index (χ2n) is 6.05. The molecule has 0 saturated carbocycles. The van der Waals surface area contributed by atoms with Crippen molar-refractivity contribution in [1.82, 2.24) is 0 Å². The number of carboxylic acids is 1. The molecule has 0 aromatic heterocycles. The second-order valence-corrected chi connectivity index (χ2v) is 6.05. The van der Waals surface area contributed by atoms with E-state index in [1.54, 1.807) is 20.8 Å². The zero-order valence-corrected chi connectivity index (χ0v) is 12.6. The van der Waals surface area contributed by atoms with Crippen LogP contribution in [0.5, 0.6) is 0 Å². The van der Waals surface area contributed by atoms with Crippen molar-refractivity contribution >= 4 is 23.2 Å². The summed E-state index contributed by atoms with van der Waals surface area (Å²) in [6.45, 7) is 8.59. The maximum absolute atomic E-state index is 12.5. The van der Waals surface area contributed by atoms with Gasteiger partial charge in [0.1, 0.15) is 0 Å². The molecule has 0 aromatic rings. The van der Waals surface area contributed by atoms with Gasteiger partial charge in [0.2, 0.25) is 5.78 Å². The van der Waals surface area contributed by atoms with Gasteiger partial charge in [-0.05, 0) is 20.8 Å². The summed E-state index contributed by atoms with van der Waals surface area (Å²) in [6.07, 6.45) is -0.191. The van der Waals surface area contributed by atoms with Crippen LogP contribution in [0, 0.1) is 5.41 Å². The van der Waals surface area contributed by atoms with Crippen LogP contribution in [-0.4, -0.2) is 34.4 Å². The van der Waals surface area contributed by atoms with Gasteiger partial charge in [0.25, 0.3) is 0 Å². The summed E-state index contributed by atoms with van der Waals surface area (Å²) >= 11 is 0. The topological polar surface area (TPSA) is 83.8 Å². The lowest BCUT2D eigenvalue weighted by Gasteiger charge is -2.30. The van der Waals surface area contributed by atoms with E-state index in [1.165, 1.54) is 0 Å². The first-order valence-corrected chi connectivity index (χ1v) is 6.64. The van der Waals surface area contributed by atoms with Gasteiger partial charge in [-0.15, -0.1) is 0 Å². The Labute approximate surface area is 118 Å². The Bertz CT molecular complexity index is 524. The second kappa shape index (κ2) is 5.69. The van der Waals surface area contributed by atoms with Crippen molar-refractivity contribution in [3.8, 4) is 0 Å². The van der Waals surface area contributed by atoms with Crippen LogP contribution in [0.1, 0.15) is 47.5 Å². The Morgan fingerprint density at radius 2 is 1.90 bits per heavy atom. The number of nitrogens with zero attached hydrogens (tertiary/aromatic N) is 1. The normalized spacial score (nSPS) is 19.2. The van der Waals surface area contributed by atoms with Gasteiger partial charge in [-0.2, -0.15) is 0 Å². The lowest BCUT2D eigenvalue weighted by atomic mass is 9.72. The number of hydrogen-bond donors (Lipinski definition) is 1. The highest BCUT2D eigenvalue weighted by Gasteiger charge is 2.39. The van der Waals surface area contributed by atoms with Crippen LogP contribution >= 0.6 is 0 Å². The largest absolute Gasteiger partial charge is 0.481 e. The van der Waals surface area contributed by atoms with Crippen LogP contribution in [0.3, 0.4) is 0 Å². The average Bonchev–Trinajstić information content (AvgIpc) is 2.23. The van der Waals surface area contributed by atoms with Crippen LogP contribution in [0.4, 0.5) is 0 Å². The van der Waals surface area contributed by atoms with Gasteiger partial charge < -0.3 is 5.11 Å². The van der Waals surface area contributed by atoms with Crippen LogP contribution in [0.2, 0.25) is 0 Å². The number of rotatable bonds is 4. The first-order valence-electron chi connectivity index (χ1n) is 6.64. The molecule has 110 valence electrons. The summed E-state index contributed by atoms with van der Waals surface area (Å²) in [4.78, 5) is 39.7. The summed E-state index contributed by atoms with van der Waals surface area (Å²) in [5.41, 5.74) is 0.00413. The minimum atomic E-state index is -0.997. The summed E-state index contributed by atoms with van der Waals surface area (Å²) in [6, 6.07) is -0.0796. The highest BCUT2D eigenvalue weighted by Crippen LogP contribution is 2.36. The minimum Gasteiger partial charge on any atom is -0.481 e. The Balaban J connectivity index is 3.34. The zero-order valence-electron chi connectivity index (χ0n) is 12.6. The molecule has 0 saturated heterocycles. The fourth-order valence-electron chi connectivity index (χ4n) is 2.52. The Kier molecular flexibility index (Phi) is 4.63. The SMILES string of the molecule is CC1=C(C(C)(C)CC(=O)O)C(=O)C(=NC(C)C)CC1=O. The van der Waals surface area contributed by atoms with E-state index in [0.29, 0.717) is 5.57 Å². The summed E-state index contributed by atoms with van der Waals surface area (Å²) in [5, 5.41) is 8.98. The van der Waals surface area contributed by atoms with Gasteiger partial charge >= 0.3 is 5.97 Å². The van der Waals surface area contributed by atoms with Crippen LogP contribution < -0.4 is 0 Å². The lowest BCUT2D eigenvalue weighted by Crippen LogP contribution is -2.36. The smallest absolute Gasteiger partial charge is 0.304 e. The molecule has 0 spiro atoms. The Morgan fingerprint density at radius 1 is 1.35 bits per heavy atom. The number of aliphatic carboxylic acids is 1. The molecule has 0 amide bonds. The molecule has 0 heterocycles. The van der Waals surface area contributed by atoms with Crippen molar-refractivity contribution < 1.29 is 19.5 Å². The summed E-state index contributed by atoms with van der Waals surface area (Å²) < 4.78 is 0. The average molecular weight is 279 g/mol. The molecule has 0 bridgehead atoms. The fraction of sp³-hybridized carbons (Fsp3) is 0.600. The lowest BCUT2D eigenvalue weighted by molar-refractivity contribution is -0.138. The number of aliphatic imine (C=N–C) groups is 1. The van der Waals surface area contributed by atoms with Gasteiger partial charge in [0.15, 0.2) is 5.78 Å². The molecule has 0 aromatic carbocycles. The van der Waals surface area contributed by atoms with Crippen LogP contribution in [-0.2, 0) is 14.4 Å². The highest BCUT2D eigenvalue weighted by atomic mass is 16.4. The van der Waals surface area contributed by atoms with E-state index >= 15 is 0 Å². The number of allylic oxidation sites excluding steroid dienone is 2. The molecule has 0 unspecified atom stereocenters. The van der Waals surface area contributed by atoms with E-state index in [1.807, 2.05) is 13.8 Å². The Hall–Kier alpha value is -1.78. The summed E-state index contributed by atoms with van der Waals surface area (Å²) in [5.74, 6) is -1.44. The number of ketones is 2. The van der Waals surface area contributed by atoms with E-state index in [2.05, 4.69) is 4.99 Å². The molecule has 0 atom stereocenters.